The second-order valence-corrected chi connectivity index (χ2v) is 3.51. The molecule has 0 bridgehead atoms. The summed E-state index contributed by atoms with van der Waals surface area (Å²) in [5, 5.41) is 9.01. The van der Waals surface area contributed by atoms with Crippen molar-refractivity contribution in [2.75, 3.05) is 19.8 Å². The van der Waals surface area contributed by atoms with E-state index < -0.39 is 20.5 Å². The fourth-order valence-corrected chi connectivity index (χ4v) is 0.885. The molecule has 6 nitrogen and oxygen atoms in total. The van der Waals surface area contributed by atoms with Crippen molar-refractivity contribution >= 4 is 37.4 Å². The first kappa shape index (κ1) is 17.2. The van der Waals surface area contributed by atoms with Crippen LogP contribution in [0.4, 0.5) is 0 Å². The maximum atomic E-state index is 10.2. The Bertz CT molecular complexity index is 193. The predicted octanol–water partition coefficient (Wildman–Crippen LogP) is -0.989. The molecular weight excluding hydrogens is 222 g/mol. The van der Waals surface area contributed by atoms with E-state index in [4.69, 9.17) is 19.6 Å². The Morgan fingerprint density at radius 3 is 2.43 bits per heavy atom. The van der Waals surface area contributed by atoms with Crippen molar-refractivity contribution in [2.24, 2.45) is 0 Å². The van der Waals surface area contributed by atoms with E-state index >= 15 is 0 Å². The Balaban J connectivity index is 0. The van der Waals surface area contributed by atoms with Crippen molar-refractivity contribution in [3.05, 3.63) is 12.7 Å². The number of hydrogen-bond donors (Lipinski definition) is 3. The van der Waals surface area contributed by atoms with Gasteiger partial charge in [0.05, 0.1) is 19.8 Å². The molecule has 1 atom stereocenters. The molecule has 0 saturated carbocycles. The van der Waals surface area contributed by atoms with E-state index in [-0.39, 0.29) is 42.8 Å². The van der Waals surface area contributed by atoms with Crippen LogP contribution >= 0.6 is 7.82 Å². The summed E-state index contributed by atoms with van der Waals surface area (Å²) in [6.45, 7) is 3.14. The summed E-state index contributed by atoms with van der Waals surface area (Å²) in [6.07, 6.45) is 0.448. The van der Waals surface area contributed by atoms with Gasteiger partial charge in [-0.15, -0.1) is 6.58 Å². The topological polar surface area (TPSA) is 96.2 Å². The number of hydrogen-bond acceptors (Lipinski definition) is 4. The maximum absolute atomic E-state index is 10.2. The van der Waals surface area contributed by atoms with Crippen molar-refractivity contribution in [1.82, 2.24) is 0 Å². The fourth-order valence-electron chi connectivity index (χ4n) is 0.519. The molecule has 0 aliphatic carbocycles. The summed E-state index contributed by atoms with van der Waals surface area (Å²) in [5.41, 5.74) is 0. The quantitative estimate of drug-likeness (QED) is 0.227. The van der Waals surface area contributed by atoms with Gasteiger partial charge >= 0.3 is 37.4 Å². The van der Waals surface area contributed by atoms with Crippen LogP contribution in [0.15, 0.2) is 12.7 Å². The normalized spacial score (nSPS) is 13.1. The first-order chi connectivity index (χ1) is 5.95. The zero-order chi connectivity index (χ0) is 10.3. The molecule has 1 unspecified atom stereocenters. The SMILES string of the molecule is C=CCOCC(O)COP(=O)(O)O.[NaH]. The van der Waals surface area contributed by atoms with E-state index in [0.29, 0.717) is 0 Å². The third-order valence-corrected chi connectivity index (χ3v) is 1.47. The Kier molecular flexibility index (Phi) is 11.1. The van der Waals surface area contributed by atoms with E-state index in [1.165, 1.54) is 6.08 Å². The predicted molar refractivity (Wildman–Crippen MR) is 52.2 cm³/mol. The Morgan fingerprint density at radius 1 is 1.43 bits per heavy atom. The van der Waals surface area contributed by atoms with Crippen molar-refractivity contribution in [3.63, 3.8) is 0 Å². The van der Waals surface area contributed by atoms with Gasteiger partial charge in [-0.3, -0.25) is 4.52 Å². The molecule has 0 aromatic carbocycles. The van der Waals surface area contributed by atoms with E-state index in [1.54, 1.807) is 0 Å². The summed E-state index contributed by atoms with van der Waals surface area (Å²) >= 11 is 0. The summed E-state index contributed by atoms with van der Waals surface area (Å²) in [6, 6.07) is 0. The summed E-state index contributed by atoms with van der Waals surface area (Å²) in [7, 11) is -4.49. The monoisotopic (exact) mass is 236 g/mol. The van der Waals surface area contributed by atoms with Crippen LogP contribution < -0.4 is 0 Å². The van der Waals surface area contributed by atoms with Crippen LogP contribution in [-0.2, 0) is 13.8 Å². The van der Waals surface area contributed by atoms with Crippen molar-refractivity contribution in [2.45, 2.75) is 6.10 Å². The standard InChI is InChI=1S/C6H13O6P.Na.H/c1-2-3-11-4-6(7)5-12-13(8,9)10;;/h2,6-7H,1,3-5H2,(H2,8,9,10);;. The average Bonchev–Trinajstić information content (AvgIpc) is 2.00. The van der Waals surface area contributed by atoms with Crippen LogP contribution in [0, 0.1) is 0 Å². The zero-order valence-electron chi connectivity index (χ0n) is 7.00. The molecule has 3 N–H and O–H groups in total. The van der Waals surface area contributed by atoms with Gasteiger partial charge in [-0.2, -0.15) is 0 Å². The van der Waals surface area contributed by atoms with Gasteiger partial charge in [0.25, 0.3) is 0 Å². The minimum atomic E-state index is -4.49. The number of phosphoric ester groups is 1. The molecule has 0 aromatic rings. The van der Waals surface area contributed by atoms with Crippen LogP contribution in [0.2, 0.25) is 0 Å². The average molecular weight is 236 g/mol. The fraction of sp³-hybridized carbons (Fsp3) is 0.667. The van der Waals surface area contributed by atoms with Gasteiger partial charge in [0.15, 0.2) is 0 Å². The molecule has 8 heteroatoms. The van der Waals surface area contributed by atoms with Gasteiger partial charge in [-0.1, -0.05) is 6.08 Å². The third kappa shape index (κ3) is 12.8. The molecule has 80 valence electrons. The summed E-state index contributed by atoms with van der Waals surface area (Å²) in [4.78, 5) is 16.5. The number of phosphoric acid groups is 1. The molecule has 0 saturated heterocycles. The Morgan fingerprint density at radius 2 is 2.00 bits per heavy atom. The summed E-state index contributed by atoms with van der Waals surface area (Å²) < 4.78 is 19.0. The molecule has 0 heterocycles. The minimum absolute atomic E-state index is 0. The first-order valence-corrected chi connectivity index (χ1v) is 5.05. The molecule has 0 aliphatic rings. The van der Waals surface area contributed by atoms with E-state index in [0.717, 1.165) is 0 Å². The van der Waals surface area contributed by atoms with Crippen LogP contribution in [0.3, 0.4) is 0 Å². The zero-order valence-corrected chi connectivity index (χ0v) is 7.89. The number of ether oxygens (including phenoxy) is 1. The second kappa shape index (κ2) is 9.03. The number of aliphatic hydroxyl groups excluding tert-OH is 1. The van der Waals surface area contributed by atoms with Crippen LogP contribution in [0.5, 0.6) is 0 Å². The van der Waals surface area contributed by atoms with Crippen LogP contribution in [-0.4, -0.2) is 70.4 Å². The molecule has 0 amide bonds. The molecule has 0 aliphatic heterocycles. The van der Waals surface area contributed by atoms with Gasteiger partial charge in [0.2, 0.25) is 0 Å². The van der Waals surface area contributed by atoms with E-state index in [1.807, 2.05) is 0 Å². The van der Waals surface area contributed by atoms with Crippen LogP contribution in [0.25, 0.3) is 0 Å². The Labute approximate surface area is 104 Å². The molecule has 14 heavy (non-hydrogen) atoms. The van der Waals surface area contributed by atoms with Gasteiger partial charge in [0.1, 0.15) is 6.10 Å². The number of aliphatic hydroxyl groups is 1. The molecule has 0 spiro atoms. The van der Waals surface area contributed by atoms with Gasteiger partial charge in [0, 0.05) is 0 Å². The van der Waals surface area contributed by atoms with Crippen molar-refractivity contribution in [3.8, 4) is 0 Å². The molecule has 0 radical (unpaired) electrons. The van der Waals surface area contributed by atoms with Crippen molar-refractivity contribution in [1.29, 1.82) is 0 Å². The van der Waals surface area contributed by atoms with E-state index in [9.17, 15) is 4.57 Å². The van der Waals surface area contributed by atoms with Crippen molar-refractivity contribution < 1.29 is 28.7 Å². The van der Waals surface area contributed by atoms with E-state index in [2.05, 4.69) is 11.1 Å². The first-order valence-electron chi connectivity index (χ1n) is 3.52. The Hall–Kier alpha value is 0.770. The molecular formula is C6H14NaO6P. The summed E-state index contributed by atoms with van der Waals surface area (Å²) in [5.74, 6) is 0. The van der Waals surface area contributed by atoms with Crippen LogP contribution in [0.1, 0.15) is 0 Å². The second-order valence-electron chi connectivity index (χ2n) is 2.27. The van der Waals surface area contributed by atoms with Gasteiger partial charge in [-0.25, -0.2) is 4.57 Å². The number of rotatable bonds is 7. The molecule has 0 aromatic heterocycles. The van der Waals surface area contributed by atoms with Gasteiger partial charge < -0.3 is 19.6 Å². The molecule has 0 rings (SSSR count). The van der Waals surface area contributed by atoms with Gasteiger partial charge in [-0.05, 0) is 0 Å². The molecule has 0 fully saturated rings. The third-order valence-electron chi connectivity index (χ3n) is 0.981.